The number of carboxylic acids is 1. The largest absolute Gasteiger partial charge is 0.490 e. The number of methoxy groups -OCH3 is 1. The van der Waals surface area contributed by atoms with E-state index in [0.717, 1.165) is 30.9 Å². The Labute approximate surface area is 124 Å². The molecule has 0 fully saturated rings. The van der Waals surface area contributed by atoms with Crippen LogP contribution in [0.3, 0.4) is 0 Å². The fourth-order valence-corrected chi connectivity index (χ4v) is 2.33. The number of hydrogen-bond donors (Lipinski definition) is 2. The molecule has 1 aliphatic rings. The summed E-state index contributed by atoms with van der Waals surface area (Å²) in [5.41, 5.74) is 2.04. The maximum atomic E-state index is 10.9. The molecule has 0 saturated heterocycles. The number of benzene rings is 1. The van der Waals surface area contributed by atoms with Gasteiger partial charge < -0.3 is 24.8 Å². The molecule has 0 radical (unpaired) electrons. The van der Waals surface area contributed by atoms with E-state index >= 15 is 0 Å². The second-order valence-electron chi connectivity index (χ2n) is 4.96. The first kappa shape index (κ1) is 15.6. The number of carboxylic acid groups (broad SMARTS) is 1. The molecule has 1 aromatic carbocycles. The summed E-state index contributed by atoms with van der Waals surface area (Å²) in [5.74, 6) is -0.0620. The monoisotopic (exact) mass is 294 g/mol. The van der Waals surface area contributed by atoms with Gasteiger partial charge in [0.15, 0.2) is 0 Å². The molecule has 0 bridgehead atoms. The van der Waals surface area contributed by atoms with E-state index in [0.29, 0.717) is 19.8 Å². The van der Waals surface area contributed by atoms with Gasteiger partial charge >= 0.3 is 5.97 Å². The second kappa shape index (κ2) is 7.85. The highest BCUT2D eigenvalue weighted by Crippen LogP contribution is 2.32. The Balaban J connectivity index is 1.97. The molecule has 0 aliphatic carbocycles. The quantitative estimate of drug-likeness (QED) is 0.689. The standard InChI is InChI=1S/C15H22N2O4/c1-20-8-6-16-5-4-12-2-3-14-13(10-12)17(7-9-21-14)11-15(18)19/h2-3,10,16H,4-9,11H2,1H3,(H,18,19). The lowest BCUT2D eigenvalue weighted by molar-refractivity contribution is -0.135. The molecule has 0 spiro atoms. The number of rotatable bonds is 8. The van der Waals surface area contributed by atoms with Crippen molar-refractivity contribution in [3.63, 3.8) is 0 Å². The minimum atomic E-state index is -0.825. The number of nitrogens with zero attached hydrogens (tertiary/aromatic N) is 1. The van der Waals surface area contributed by atoms with Crippen LogP contribution < -0.4 is 15.0 Å². The van der Waals surface area contributed by atoms with Gasteiger partial charge in [-0.25, -0.2) is 0 Å². The summed E-state index contributed by atoms with van der Waals surface area (Å²) in [4.78, 5) is 12.8. The van der Waals surface area contributed by atoms with E-state index in [1.807, 2.05) is 23.1 Å². The van der Waals surface area contributed by atoms with Crippen LogP contribution in [0.5, 0.6) is 5.75 Å². The number of hydrogen-bond acceptors (Lipinski definition) is 5. The van der Waals surface area contributed by atoms with Gasteiger partial charge in [-0.1, -0.05) is 6.07 Å². The highest BCUT2D eigenvalue weighted by atomic mass is 16.5. The van der Waals surface area contributed by atoms with Crippen LogP contribution >= 0.6 is 0 Å². The van der Waals surface area contributed by atoms with Gasteiger partial charge in [0.1, 0.15) is 18.9 Å². The number of fused-ring (bicyclic) bond motifs is 1. The minimum absolute atomic E-state index is 0.00586. The van der Waals surface area contributed by atoms with Crippen molar-refractivity contribution in [2.75, 3.05) is 51.4 Å². The summed E-state index contributed by atoms with van der Waals surface area (Å²) in [5, 5.41) is 12.3. The van der Waals surface area contributed by atoms with Crippen LogP contribution in [0.1, 0.15) is 5.56 Å². The van der Waals surface area contributed by atoms with Crippen molar-refractivity contribution in [2.24, 2.45) is 0 Å². The lowest BCUT2D eigenvalue weighted by atomic mass is 10.1. The predicted octanol–water partition coefficient (Wildman–Crippen LogP) is 0.749. The zero-order chi connectivity index (χ0) is 15.1. The average molecular weight is 294 g/mol. The van der Waals surface area contributed by atoms with Gasteiger partial charge in [0, 0.05) is 13.7 Å². The van der Waals surface area contributed by atoms with Gasteiger partial charge in [-0.2, -0.15) is 0 Å². The SMILES string of the molecule is COCCNCCc1ccc2c(c1)N(CC(=O)O)CCO2. The molecule has 0 aromatic heterocycles. The molecule has 0 saturated carbocycles. The summed E-state index contributed by atoms with van der Waals surface area (Å²) in [6, 6.07) is 5.98. The van der Waals surface area contributed by atoms with E-state index in [1.165, 1.54) is 5.56 Å². The zero-order valence-corrected chi connectivity index (χ0v) is 12.3. The van der Waals surface area contributed by atoms with Gasteiger partial charge in [-0.15, -0.1) is 0 Å². The molecule has 0 amide bonds. The average Bonchev–Trinajstić information content (AvgIpc) is 2.47. The maximum Gasteiger partial charge on any atom is 0.323 e. The fourth-order valence-electron chi connectivity index (χ4n) is 2.33. The van der Waals surface area contributed by atoms with Crippen molar-refractivity contribution in [3.05, 3.63) is 23.8 Å². The van der Waals surface area contributed by atoms with Gasteiger partial charge in [0.05, 0.1) is 18.8 Å². The normalized spacial score (nSPS) is 13.7. The highest BCUT2D eigenvalue weighted by Gasteiger charge is 2.20. The van der Waals surface area contributed by atoms with Crippen molar-refractivity contribution in [2.45, 2.75) is 6.42 Å². The molecule has 6 nitrogen and oxygen atoms in total. The van der Waals surface area contributed by atoms with E-state index in [-0.39, 0.29) is 6.54 Å². The van der Waals surface area contributed by atoms with Gasteiger partial charge in [-0.05, 0) is 30.7 Å². The van der Waals surface area contributed by atoms with Gasteiger partial charge in [0.2, 0.25) is 0 Å². The molecule has 6 heteroatoms. The number of carbonyl (C=O) groups is 1. The molecular weight excluding hydrogens is 272 g/mol. The topological polar surface area (TPSA) is 71.0 Å². The number of anilines is 1. The minimum Gasteiger partial charge on any atom is -0.490 e. The Morgan fingerprint density at radius 1 is 1.48 bits per heavy atom. The van der Waals surface area contributed by atoms with Gasteiger partial charge in [-0.3, -0.25) is 4.79 Å². The fraction of sp³-hybridized carbons (Fsp3) is 0.533. The lowest BCUT2D eigenvalue weighted by Crippen LogP contribution is -2.36. The summed E-state index contributed by atoms with van der Waals surface area (Å²) < 4.78 is 10.6. The van der Waals surface area contributed by atoms with Gasteiger partial charge in [0.25, 0.3) is 0 Å². The third kappa shape index (κ3) is 4.61. The van der Waals surface area contributed by atoms with Crippen molar-refractivity contribution in [1.29, 1.82) is 0 Å². The van der Waals surface area contributed by atoms with E-state index in [2.05, 4.69) is 5.32 Å². The molecule has 1 aliphatic heterocycles. The first-order valence-corrected chi connectivity index (χ1v) is 7.13. The first-order chi connectivity index (χ1) is 10.2. The van der Waals surface area contributed by atoms with E-state index in [1.54, 1.807) is 7.11 Å². The van der Waals surface area contributed by atoms with Crippen LogP contribution in [0, 0.1) is 0 Å². The first-order valence-electron chi connectivity index (χ1n) is 7.13. The van der Waals surface area contributed by atoms with Crippen LogP contribution in [0.15, 0.2) is 18.2 Å². The molecule has 0 atom stereocenters. The third-order valence-electron chi connectivity index (χ3n) is 3.38. The number of nitrogens with one attached hydrogen (secondary N) is 1. The van der Waals surface area contributed by atoms with Crippen molar-refractivity contribution < 1.29 is 19.4 Å². The van der Waals surface area contributed by atoms with E-state index in [9.17, 15) is 4.79 Å². The second-order valence-corrected chi connectivity index (χ2v) is 4.96. The smallest absolute Gasteiger partial charge is 0.323 e. The number of ether oxygens (including phenoxy) is 2. The molecule has 21 heavy (non-hydrogen) atoms. The van der Waals surface area contributed by atoms with Crippen molar-refractivity contribution >= 4 is 11.7 Å². The summed E-state index contributed by atoms with van der Waals surface area (Å²) in [6.07, 6.45) is 0.887. The predicted molar refractivity (Wildman–Crippen MR) is 80.2 cm³/mol. The summed E-state index contributed by atoms with van der Waals surface area (Å²) in [7, 11) is 1.68. The Kier molecular flexibility index (Phi) is 5.83. The Bertz CT molecular complexity index is 479. The molecule has 116 valence electrons. The Morgan fingerprint density at radius 2 is 2.33 bits per heavy atom. The highest BCUT2D eigenvalue weighted by molar-refractivity contribution is 5.75. The zero-order valence-electron chi connectivity index (χ0n) is 12.3. The molecular formula is C15H22N2O4. The summed E-state index contributed by atoms with van der Waals surface area (Å²) in [6.45, 7) is 3.53. The molecule has 0 unspecified atom stereocenters. The Morgan fingerprint density at radius 3 is 3.10 bits per heavy atom. The van der Waals surface area contributed by atoms with Crippen molar-refractivity contribution in [3.8, 4) is 5.75 Å². The molecule has 2 rings (SSSR count). The molecule has 1 aromatic rings. The lowest BCUT2D eigenvalue weighted by Gasteiger charge is -2.30. The van der Waals surface area contributed by atoms with Crippen LogP contribution in [0.2, 0.25) is 0 Å². The van der Waals surface area contributed by atoms with Crippen LogP contribution in [0.4, 0.5) is 5.69 Å². The molecule has 1 heterocycles. The summed E-state index contributed by atoms with van der Waals surface area (Å²) >= 11 is 0. The van der Waals surface area contributed by atoms with Crippen LogP contribution in [0.25, 0.3) is 0 Å². The van der Waals surface area contributed by atoms with Crippen molar-refractivity contribution in [1.82, 2.24) is 5.32 Å². The van der Waals surface area contributed by atoms with Crippen LogP contribution in [-0.4, -0.2) is 57.6 Å². The maximum absolute atomic E-state index is 10.9. The van der Waals surface area contributed by atoms with Crippen LogP contribution in [-0.2, 0) is 16.0 Å². The van der Waals surface area contributed by atoms with E-state index < -0.39 is 5.97 Å². The Hall–Kier alpha value is -1.79. The third-order valence-corrected chi connectivity index (χ3v) is 3.38. The van der Waals surface area contributed by atoms with E-state index in [4.69, 9.17) is 14.6 Å². The molecule has 2 N–H and O–H groups in total. The number of aliphatic carboxylic acids is 1.